The van der Waals surface area contributed by atoms with Gasteiger partial charge in [-0.2, -0.15) is 5.10 Å². The van der Waals surface area contributed by atoms with E-state index in [4.69, 9.17) is 33.2 Å². The molecule has 2 bridgehead atoms. The first-order valence-corrected chi connectivity index (χ1v) is 11.2. The van der Waals surface area contributed by atoms with Gasteiger partial charge in [-0.3, -0.25) is 9.48 Å². The maximum absolute atomic E-state index is 13.7. The summed E-state index contributed by atoms with van der Waals surface area (Å²) in [6, 6.07) is 5.02. The maximum Gasteiger partial charge on any atom is 0.256 e. The molecule has 160 valence electrons. The number of benzene rings is 1. The van der Waals surface area contributed by atoms with Crippen molar-refractivity contribution in [3.63, 3.8) is 0 Å². The predicted octanol–water partition coefficient (Wildman–Crippen LogP) is 5.03. The van der Waals surface area contributed by atoms with Crippen LogP contribution in [0.15, 0.2) is 30.6 Å². The Bertz CT molecular complexity index is 1190. The van der Waals surface area contributed by atoms with E-state index in [-0.39, 0.29) is 23.9 Å². The topological polar surface area (TPSA) is 63.9 Å². The number of halogens is 2. The van der Waals surface area contributed by atoms with Gasteiger partial charge in [-0.05, 0) is 50.3 Å². The number of carbonyl (C=O) groups is 1. The quantitative estimate of drug-likeness (QED) is 0.543. The lowest BCUT2D eigenvalue weighted by atomic mass is 9.76. The van der Waals surface area contributed by atoms with Crippen LogP contribution in [0, 0.1) is 12.8 Å². The summed E-state index contributed by atoms with van der Waals surface area (Å²) in [5.74, 6) is 0.917. The molecular formula is C23H23Cl2N5O. The molecule has 3 atom stereocenters. The van der Waals surface area contributed by atoms with Gasteiger partial charge >= 0.3 is 0 Å². The summed E-state index contributed by atoms with van der Waals surface area (Å²) in [6.45, 7) is 4.10. The Morgan fingerprint density at radius 2 is 2.00 bits per heavy atom. The van der Waals surface area contributed by atoms with Crippen LogP contribution in [0.3, 0.4) is 0 Å². The molecule has 1 saturated heterocycles. The predicted molar refractivity (Wildman–Crippen MR) is 120 cm³/mol. The third-order valence-corrected chi connectivity index (χ3v) is 6.98. The lowest BCUT2D eigenvalue weighted by Gasteiger charge is -2.49. The highest BCUT2D eigenvalue weighted by Gasteiger charge is 2.46. The van der Waals surface area contributed by atoms with E-state index in [2.05, 4.69) is 12.0 Å². The van der Waals surface area contributed by atoms with E-state index in [1.165, 1.54) is 0 Å². The lowest BCUT2D eigenvalue weighted by molar-refractivity contribution is 0.0226. The molecule has 31 heavy (non-hydrogen) atoms. The van der Waals surface area contributed by atoms with Crippen molar-refractivity contribution in [2.45, 2.75) is 45.2 Å². The molecule has 0 N–H and O–H groups in total. The molecule has 8 heteroatoms. The number of fused-ring (bicyclic) bond motifs is 4. The van der Waals surface area contributed by atoms with Crippen molar-refractivity contribution in [3.05, 3.63) is 63.3 Å². The first-order chi connectivity index (χ1) is 14.8. The Kier molecular flexibility index (Phi) is 5.02. The van der Waals surface area contributed by atoms with Gasteiger partial charge in [0.25, 0.3) is 5.91 Å². The molecule has 5 rings (SSSR count). The second kappa shape index (κ2) is 7.61. The second-order valence-corrected chi connectivity index (χ2v) is 9.42. The van der Waals surface area contributed by atoms with Crippen molar-refractivity contribution in [1.82, 2.24) is 24.6 Å². The monoisotopic (exact) mass is 455 g/mol. The minimum atomic E-state index is -0.112. The van der Waals surface area contributed by atoms with Crippen LogP contribution in [0.4, 0.5) is 0 Å². The molecular weight excluding hydrogens is 433 g/mol. The number of aryl methyl sites for hydroxylation is 2. The van der Waals surface area contributed by atoms with Crippen LogP contribution in [-0.2, 0) is 13.5 Å². The van der Waals surface area contributed by atoms with Gasteiger partial charge < -0.3 is 4.90 Å². The van der Waals surface area contributed by atoms with Gasteiger partial charge in [0.1, 0.15) is 5.82 Å². The van der Waals surface area contributed by atoms with Crippen molar-refractivity contribution in [2.75, 3.05) is 0 Å². The maximum atomic E-state index is 13.7. The minimum absolute atomic E-state index is 0.0620. The number of hydrogen-bond acceptors (Lipinski definition) is 4. The average molecular weight is 456 g/mol. The number of rotatable bonds is 2. The number of nitrogens with zero attached hydrogens (tertiary/aromatic N) is 5. The Hall–Kier alpha value is -2.44. The third kappa shape index (κ3) is 3.42. The highest BCUT2D eigenvalue weighted by atomic mass is 35.5. The first kappa shape index (κ1) is 20.5. The van der Waals surface area contributed by atoms with Crippen molar-refractivity contribution < 1.29 is 4.79 Å². The van der Waals surface area contributed by atoms with E-state index in [0.717, 1.165) is 41.8 Å². The Morgan fingerprint density at radius 1 is 1.19 bits per heavy atom. The molecule has 4 heterocycles. The summed E-state index contributed by atoms with van der Waals surface area (Å²) in [6.07, 6.45) is 6.53. The van der Waals surface area contributed by atoms with Gasteiger partial charge in [-0.15, -0.1) is 0 Å². The molecule has 3 aromatic rings. The standard InChI is InChI=1S/C23H23Cl2N5O/c1-12-4-6-16-9-18-20(14-10-26-29(3)11-14)27-13(2)28-21(18)22(12)30(16)23(31)17-7-5-15(24)8-19(17)25/h5,7-8,10-12,16,22H,4,6,9H2,1-3H3/t12-,16+,22-/m1/s1. The van der Waals surface area contributed by atoms with E-state index in [9.17, 15) is 4.79 Å². The van der Waals surface area contributed by atoms with Crippen LogP contribution in [0.2, 0.25) is 10.0 Å². The first-order valence-electron chi connectivity index (χ1n) is 10.5. The molecule has 0 aliphatic carbocycles. The molecule has 2 aliphatic rings. The molecule has 0 spiro atoms. The van der Waals surface area contributed by atoms with E-state index >= 15 is 0 Å². The summed E-state index contributed by atoms with van der Waals surface area (Å²) in [7, 11) is 1.90. The van der Waals surface area contributed by atoms with Crippen LogP contribution < -0.4 is 0 Å². The zero-order chi connectivity index (χ0) is 21.9. The summed E-state index contributed by atoms with van der Waals surface area (Å²) in [4.78, 5) is 25.3. The van der Waals surface area contributed by atoms with Crippen LogP contribution >= 0.6 is 23.2 Å². The van der Waals surface area contributed by atoms with Crippen molar-refractivity contribution in [1.29, 1.82) is 0 Å². The number of aromatic nitrogens is 4. The molecule has 2 aromatic heterocycles. The molecule has 1 aromatic carbocycles. The van der Waals surface area contributed by atoms with Crippen LogP contribution in [-0.4, -0.2) is 36.6 Å². The highest BCUT2D eigenvalue weighted by molar-refractivity contribution is 6.36. The molecule has 1 amide bonds. The summed E-state index contributed by atoms with van der Waals surface area (Å²) >= 11 is 12.5. The Morgan fingerprint density at radius 3 is 2.71 bits per heavy atom. The van der Waals surface area contributed by atoms with Gasteiger partial charge in [0.15, 0.2) is 0 Å². The van der Waals surface area contributed by atoms with Crippen LogP contribution in [0.1, 0.15) is 53.2 Å². The molecule has 0 saturated carbocycles. The number of piperidine rings is 1. The average Bonchev–Trinajstić information content (AvgIpc) is 3.15. The van der Waals surface area contributed by atoms with Crippen molar-refractivity contribution >= 4 is 29.1 Å². The van der Waals surface area contributed by atoms with E-state index in [1.54, 1.807) is 22.9 Å². The molecule has 0 radical (unpaired) electrons. The summed E-state index contributed by atoms with van der Waals surface area (Å²) < 4.78 is 1.78. The number of hydrogen-bond donors (Lipinski definition) is 0. The van der Waals surface area contributed by atoms with Crippen LogP contribution in [0.5, 0.6) is 0 Å². The fourth-order valence-corrected chi connectivity index (χ4v) is 5.52. The van der Waals surface area contributed by atoms with E-state index in [0.29, 0.717) is 21.4 Å². The molecule has 2 aliphatic heterocycles. The lowest BCUT2D eigenvalue weighted by Crippen LogP contribution is -2.53. The summed E-state index contributed by atoms with van der Waals surface area (Å²) in [5.41, 5.74) is 4.48. The van der Waals surface area contributed by atoms with Gasteiger partial charge in [0.2, 0.25) is 0 Å². The third-order valence-electron chi connectivity index (χ3n) is 6.43. The van der Waals surface area contributed by atoms with Crippen molar-refractivity contribution in [2.24, 2.45) is 13.0 Å². The molecule has 0 unspecified atom stereocenters. The van der Waals surface area contributed by atoms with Gasteiger partial charge in [-0.1, -0.05) is 30.1 Å². The Balaban J connectivity index is 1.64. The minimum Gasteiger partial charge on any atom is -0.326 e. The van der Waals surface area contributed by atoms with E-state index in [1.807, 2.05) is 31.3 Å². The van der Waals surface area contributed by atoms with E-state index < -0.39 is 0 Å². The number of carbonyl (C=O) groups excluding carboxylic acids is 1. The molecule has 6 nitrogen and oxygen atoms in total. The SMILES string of the molecule is Cc1nc(-c2cnn(C)c2)c2c(n1)[C@H]1[C@H](C)CC[C@@H](C2)N1C(=O)c1ccc(Cl)cc1Cl. The van der Waals surface area contributed by atoms with Gasteiger partial charge in [0.05, 0.1) is 34.2 Å². The normalized spacial score (nSPS) is 22.4. The summed E-state index contributed by atoms with van der Waals surface area (Å²) in [5, 5.41) is 5.22. The fraction of sp³-hybridized carbons (Fsp3) is 0.391. The van der Waals surface area contributed by atoms with Crippen LogP contribution in [0.25, 0.3) is 11.3 Å². The number of amides is 1. The zero-order valence-electron chi connectivity index (χ0n) is 17.6. The highest BCUT2D eigenvalue weighted by Crippen LogP contribution is 2.47. The fourth-order valence-electron chi connectivity index (χ4n) is 5.03. The second-order valence-electron chi connectivity index (χ2n) is 8.58. The Labute approximate surface area is 191 Å². The van der Waals surface area contributed by atoms with Gasteiger partial charge in [-0.25, -0.2) is 9.97 Å². The van der Waals surface area contributed by atoms with Crippen molar-refractivity contribution in [3.8, 4) is 11.3 Å². The largest absolute Gasteiger partial charge is 0.326 e. The zero-order valence-corrected chi connectivity index (χ0v) is 19.2. The smallest absolute Gasteiger partial charge is 0.256 e. The van der Waals surface area contributed by atoms with Gasteiger partial charge in [0, 0.05) is 35.4 Å². The molecule has 1 fully saturated rings.